The Hall–Kier alpha value is -2.60. The summed E-state index contributed by atoms with van der Waals surface area (Å²) in [7, 11) is 1.61. The smallest absolute Gasteiger partial charge is 0.226 e. The first-order valence-corrected chi connectivity index (χ1v) is 13.1. The molecule has 0 bridgehead atoms. The normalized spacial score (nSPS) is 27.4. The fourth-order valence-corrected chi connectivity index (χ4v) is 7.08. The number of amides is 1. The van der Waals surface area contributed by atoms with Crippen LogP contribution >= 0.6 is 23.2 Å². The summed E-state index contributed by atoms with van der Waals surface area (Å²) in [5.41, 5.74) is 3.45. The maximum Gasteiger partial charge on any atom is 0.226 e. The molecule has 0 radical (unpaired) electrons. The number of aliphatic hydroxyl groups is 1. The standard InChI is InChI=1S/C29H30Cl2N2O3/c1-3-29-13-12-22(21-11-8-18(15-23(21)31)20-5-4-14-32-27(20)36-2)25(17-6-9-19(30)10-7-17)26(29)24(16-34)33-28(29)35/h4-11,14-15,22,24-26,34H,3,12-13,16H2,1-2H3,(H,33,35)/t22-,24+,25-,26-,29+/m0/s1. The molecule has 5 atom stereocenters. The highest BCUT2D eigenvalue weighted by Crippen LogP contribution is 2.60. The zero-order chi connectivity index (χ0) is 25.4. The van der Waals surface area contributed by atoms with E-state index in [1.54, 1.807) is 13.3 Å². The first kappa shape index (κ1) is 25.1. The van der Waals surface area contributed by atoms with Crippen LogP contribution in [-0.4, -0.2) is 35.8 Å². The van der Waals surface area contributed by atoms with Gasteiger partial charge in [-0.25, -0.2) is 4.98 Å². The summed E-state index contributed by atoms with van der Waals surface area (Å²) < 4.78 is 5.45. The number of aromatic nitrogens is 1. The third-order valence-electron chi connectivity index (χ3n) is 8.32. The van der Waals surface area contributed by atoms with Crippen molar-refractivity contribution in [1.82, 2.24) is 10.3 Å². The Morgan fingerprint density at radius 3 is 2.61 bits per heavy atom. The Morgan fingerprint density at radius 1 is 1.17 bits per heavy atom. The second-order valence-electron chi connectivity index (χ2n) is 9.82. The van der Waals surface area contributed by atoms with Crippen molar-refractivity contribution >= 4 is 29.1 Å². The van der Waals surface area contributed by atoms with Gasteiger partial charge in [-0.3, -0.25) is 4.79 Å². The van der Waals surface area contributed by atoms with Gasteiger partial charge >= 0.3 is 0 Å². The van der Waals surface area contributed by atoms with Crippen molar-refractivity contribution in [2.45, 2.75) is 44.1 Å². The molecule has 1 amide bonds. The first-order valence-electron chi connectivity index (χ1n) is 12.4. The topological polar surface area (TPSA) is 71.5 Å². The average molecular weight is 525 g/mol. The zero-order valence-electron chi connectivity index (χ0n) is 20.4. The molecule has 36 heavy (non-hydrogen) atoms. The molecule has 0 unspecified atom stereocenters. The number of fused-ring (bicyclic) bond motifs is 1. The van der Waals surface area contributed by atoms with Gasteiger partial charge in [-0.05, 0) is 78.1 Å². The van der Waals surface area contributed by atoms with E-state index in [9.17, 15) is 9.90 Å². The van der Waals surface area contributed by atoms with Gasteiger partial charge in [0.05, 0.1) is 25.2 Å². The molecule has 1 saturated heterocycles. The van der Waals surface area contributed by atoms with Crippen LogP contribution < -0.4 is 10.1 Å². The molecule has 7 heteroatoms. The number of rotatable bonds is 6. The number of nitrogens with zero attached hydrogens (tertiary/aromatic N) is 1. The number of halogens is 2. The van der Waals surface area contributed by atoms with Crippen molar-refractivity contribution < 1.29 is 14.6 Å². The number of methoxy groups -OCH3 is 1. The van der Waals surface area contributed by atoms with Gasteiger partial charge in [-0.1, -0.05) is 54.4 Å². The molecule has 188 valence electrons. The molecule has 2 N–H and O–H groups in total. The third-order valence-corrected chi connectivity index (χ3v) is 8.90. The van der Waals surface area contributed by atoms with Crippen molar-refractivity contribution in [3.8, 4) is 17.0 Å². The summed E-state index contributed by atoms with van der Waals surface area (Å²) in [5, 5.41) is 14.7. The van der Waals surface area contributed by atoms with Crippen LogP contribution in [0.3, 0.4) is 0 Å². The van der Waals surface area contributed by atoms with Crippen LogP contribution in [0, 0.1) is 11.3 Å². The number of pyridine rings is 1. The molecule has 1 aromatic heterocycles. The second kappa shape index (κ2) is 10.0. The van der Waals surface area contributed by atoms with Crippen LogP contribution in [0.2, 0.25) is 10.0 Å². The summed E-state index contributed by atoms with van der Waals surface area (Å²) in [6, 6.07) is 17.5. The van der Waals surface area contributed by atoms with Gasteiger partial charge in [0.1, 0.15) is 0 Å². The average Bonchev–Trinajstić information content (AvgIpc) is 3.20. The Kier molecular flexibility index (Phi) is 6.99. The van der Waals surface area contributed by atoms with E-state index in [1.807, 2.05) is 42.5 Å². The predicted octanol–water partition coefficient (Wildman–Crippen LogP) is 6.23. The molecule has 3 aromatic rings. The lowest BCUT2D eigenvalue weighted by Gasteiger charge is -2.48. The van der Waals surface area contributed by atoms with Gasteiger partial charge in [-0.15, -0.1) is 0 Å². The van der Waals surface area contributed by atoms with Crippen molar-refractivity contribution in [2.75, 3.05) is 13.7 Å². The monoisotopic (exact) mass is 524 g/mol. The van der Waals surface area contributed by atoms with Crippen molar-refractivity contribution in [3.05, 3.63) is 82.0 Å². The molecule has 5 rings (SSSR count). The fourth-order valence-electron chi connectivity index (χ4n) is 6.63. The third kappa shape index (κ3) is 4.07. The van der Waals surface area contributed by atoms with E-state index in [4.69, 9.17) is 27.9 Å². The minimum atomic E-state index is -0.510. The summed E-state index contributed by atoms with van der Waals surface area (Å²) in [5.74, 6) is 0.607. The van der Waals surface area contributed by atoms with E-state index >= 15 is 0 Å². The highest BCUT2D eigenvalue weighted by Gasteiger charge is 2.60. The molecule has 2 aromatic carbocycles. The minimum Gasteiger partial charge on any atom is -0.481 e. The number of hydrogen-bond acceptors (Lipinski definition) is 4. The maximum absolute atomic E-state index is 13.2. The lowest BCUT2D eigenvalue weighted by molar-refractivity contribution is -0.131. The molecule has 1 aliphatic carbocycles. The number of ether oxygens (including phenoxy) is 1. The Labute approximate surface area is 221 Å². The van der Waals surface area contributed by atoms with Crippen LogP contribution in [0.1, 0.15) is 49.1 Å². The number of benzene rings is 2. The highest BCUT2D eigenvalue weighted by molar-refractivity contribution is 6.31. The summed E-state index contributed by atoms with van der Waals surface area (Å²) in [6.45, 7) is 1.98. The second-order valence-corrected chi connectivity index (χ2v) is 10.7. The molecule has 2 fully saturated rings. The number of carbonyl (C=O) groups is 1. The van der Waals surface area contributed by atoms with Crippen LogP contribution in [0.25, 0.3) is 11.1 Å². The Balaban J connectivity index is 1.61. The number of aliphatic hydroxyl groups excluding tert-OH is 1. The van der Waals surface area contributed by atoms with E-state index in [1.165, 1.54) is 0 Å². The number of hydrogen-bond donors (Lipinski definition) is 2. The molecule has 2 aliphatic rings. The lowest BCUT2D eigenvalue weighted by atomic mass is 9.54. The Morgan fingerprint density at radius 2 is 1.94 bits per heavy atom. The van der Waals surface area contributed by atoms with E-state index in [0.717, 1.165) is 41.5 Å². The van der Waals surface area contributed by atoms with Gasteiger partial charge in [0.2, 0.25) is 11.8 Å². The van der Waals surface area contributed by atoms with Crippen LogP contribution in [-0.2, 0) is 4.79 Å². The number of carbonyl (C=O) groups excluding carboxylic acids is 1. The predicted molar refractivity (Wildman–Crippen MR) is 143 cm³/mol. The lowest BCUT2D eigenvalue weighted by Crippen LogP contribution is -2.45. The fraction of sp³-hybridized carbons (Fsp3) is 0.379. The van der Waals surface area contributed by atoms with Crippen LogP contribution in [0.5, 0.6) is 5.88 Å². The van der Waals surface area contributed by atoms with E-state index in [-0.39, 0.29) is 36.3 Å². The van der Waals surface area contributed by atoms with E-state index in [0.29, 0.717) is 15.9 Å². The largest absolute Gasteiger partial charge is 0.481 e. The summed E-state index contributed by atoms with van der Waals surface area (Å²) >= 11 is 13.2. The van der Waals surface area contributed by atoms with Crippen molar-refractivity contribution in [2.24, 2.45) is 11.3 Å². The van der Waals surface area contributed by atoms with Crippen molar-refractivity contribution in [3.63, 3.8) is 0 Å². The summed E-state index contributed by atoms with van der Waals surface area (Å²) in [4.78, 5) is 17.6. The molecular formula is C29H30Cl2N2O3. The van der Waals surface area contributed by atoms with Gasteiger partial charge in [0.15, 0.2) is 0 Å². The first-order chi connectivity index (χ1) is 17.4. The number of nitrogens with one attached hydrogen (secondary N) is 1. The SMILES string of the molecule is CC[C@@]12CC[C@@H](c3ccc(-c4cccnc4OC)cc3Cl)[C@H](c3ccc(Cl)cc3)[C@@H]1[C@@H](CO)NC2=O. The van der Waals surface area contributed by atoms with Crippen LogP contribution in [0.4, 0.5) is 0 Å². The molecular weight excluding hydrogens is 495 g/mol. The molecule has 5 nitrogen and oxygen atoms in total. The Bertz CT molecular complexity index is 1270. The highest BCUT2D eigenvalue weighted by atomic mass is 35.5. The van der Waals surface area contributed by atoms with Gasteiger partial charge < -0.3 is 15.2 Å². The molecule has 0 spiro atoms. The maximum atomic E-state index is 13.2. The van der Waals surface area contributed by atoms with E-state index < -0.39 is 5.41 Å². The van der Waals surface area contributed by atoms with Gasteiger partial charge in [-0.2, -0.15) is 0 Å². The van der Waals surface area contributed by atoms with Crippen molar-refractivity contribution in [1.29, 1.82) is 0 Å². The molecule has 2 heterocycles. The quantitative estimate of drug-likeness (QED) is 0.401. The van der Waals surface area contributed by atoms with Crippen LogP contribution in [0.15, 0.2) is 60.8 Å². The summed E-state index contributed by atoms with van der Waals surface area (Å²) in [6.07, 6.45) is 3.99. The zero-order valence-corrected chi connectivity index (χ0v) is 21.9. The van der Waals surface area contributed by atoms with Gasteiger partial charge in [0, 0.05) is 27.7 Å². The van der Waals surface area contributed by atoms with E-state index in [2.05, 4.69) is 29.4 Å². The molecule has 1 aliphatic heterocycles. The van der Waals surface area contributed by atoms with Gasteiger partial charge in [0.25, 0.3) is 0 Å². The minimum absolute atomic E-state index is 0.0108. The molecule has 1 saturated carbocycles.